The fourth-order valence-electron chi connectivity index (χ4n) is 3.16. The summed E-state index contributed by atoms with van der Waals surface area (Å²) in [6.45, 7) is 9.44. The lowest BCUT2D eigenvalue weighted by Crippen LogP contribution is -2.42. The van der Waals surface area contributed by atoms with Gasteiger partial charge in [0.25, 0.3) is 0 Å². The van der Waals surface area contributed by atoms with Crippen LogP contribution in [0.1, 0.15) is 39.5 Å². The van der Waals surface area contributed by atoms with Crippen LogP contribution in [0.5, 0.6) is 0 Å². The first-order valence-electron chi connectivity index (χ1n) is 7.18. The van der Waals surface area contributed by atoms with Crippen LogP contribution >= 0.6 is 0 Å². The van der Waals surface area contributed by atoms with Gasteiger partial charge in [-0.15, -0.1) is 0 Å². The molecule has 3 heteroatoms. The number of nitrogens with one attached hydrogen (secondary N) is 1. The van der Waals surface area contributed by atoms with Crippen LogP contribution in [-0.2, 0) is 9.47 Å². The molecule has 3 atom stereocenters. The lowest BCUT2D eigenvalue weighted by molar-refractivity contribution is -0.106. The van der Waals surface area contributed by atoms with E-state index < -0.39 is 0 Å². The van der Waals surface area contributed by atoms with Crippen LogP contribution in [0, 0.1) is 11.8 Å². The van der Waals surface area contributed by atoms with Gasteiger partial charge in [0.15, 0.2) is 0 Å². The molecule has 2 rings (SSSR count). The summed E-state index contributed by atoms with van der Waals surface area (Å²) in [5, 5.41) is 3.42. The molecule has 0 saturated carbocycles. The van der Waals surface area contributed by atoms with Gasteiger partial charge in [-0.2, -0.15) is 0 Å². The quantitative estimate of drug-likeness (QED) is 0.749. The Morgan fingerprint density at radius 3 is 3.00 bits per heavy atom. The van der Waals surface area contributed by atoms with Crippen molar-refractivity contribution in [3.63, 3.8) is 0 Å². The van der Waals surface area contributed by atoms with Gasteiger partial charge in [0, 0.05) is 19.6 Å². The molecule has 100 valence electrons. The Hall–Kier alpha value is -0.120. The molecule has 0 amide bonds. The van der Waals surface area contributed by atoms with E-state index in [0.717, 1.165) is 51.2 Å². The van der Waals surface area contributed by atoms with Crippen molar-refractivity contribution in [1.82, 2.24) is 5.32 Å². The maximum atomic E-state index is 5.99. The third-order valence-electron chi connectivity index (χ3n) is 4.43. The van der Waals surface area contributed by atoms with Crippen molar-refractivity contribution in [2.75, 3.05) is 32.9 Å². The smallest absolute Gasteiger partial charge is 0.0939 e. The molecule has 0 aromatic heterocycles. The molecular weight excluding hydrogens is 214 g/mol. The van der Waals surface area contributed by atoms with E-state index in [9.17, 15) is 0 Å². The Balaban J connectivity index is 1.79. The average molecular weight is 241 g/mol. The third kappa shape index (κ3) is 3.43. The molecule has 2 fully saturated rings. The molecule has 3 unspecified atom stereocenters. The van der Waals surface area contributed by atoms with Crippen molar-refractivity contribution in [2.45, 2.75) is 45.1 Å². The first-order chi connectivity index (χ1) is 8.26. The van der Waals surface area contributed by atoms with Crippen molar-refractivity contribution in [3.05, 3.63) is 0 Å². The zero-order valence-electron chi connectivity index (χ0n) is 11.3. The van der Waals surface area contributed by atoms with Crippen LogP contribution in [0.3, 0.4) is 0 Å². The second-order valence-corrected chi connectivity index (χ2v) is 5.71. The molecule has 2 aliphatic heterocycles. The van der Waals surface area contributed by atoms with Crippen molar-refractivity contribution in [2.24, 2.45) is 11.8 Å². The highest BCUT2D eigenvalue weighted by Crippen LogP contribution is 2.39. The van der Waals surface area contributed by atoms with Crippen LogP contribution in [-0.4, -0.2) is 38.5 Å². The SMILES string of the molecule is CCNCCC(C)C1CCOC2(CCOC2)C1. The highest BCUT2D eigenvalue weighted by molar-refractivity contribution is 4.91. The summed E-state index contributed by atoms with van der Waals surface area (Å²) in [5.74, 6) is 1.62. The summed E-state index contributed by atoms with van der Waals surface area (Å²) in [5.41, 5.74) is 0.0787. The maximum absolute atomic E-state index is 5.99. The molecule has 0 aliphatic carbocycles. The normalized spacial score (nSPS) is 35.3. The zero-order valence-corrected chi connectivity index (χ0v) is 11.3. The number of ether oxygens (including phenoxy) is 2. The van der Waals surface area contributed by atoms with Gasteiger partial charge in [0.2, 0.25) is 0 Å². The summed E-state index contributed by atoms with van der Waals surface area (Å²) in [7, 11) is 0. The molecule has 2 aliphatic rings. The van der Waals surface area contributed by atoms with Crippen molar-refractivity contribution >= 4 is 0 Å². The summed E-state index contributed by atoms with van der Waals surface area (Å²) in [4.78, 5) is 0. The minimum Gasteiger partial charge on any atom is -0.378 e. The molecule has 2 saturated heterocycles. The highest BCUT2D eigenvalue weighted by atomic mass is 16.6. The lowest BCUT2D eigenvalue weighted by atomic mass is 9.77. The number of rotatable bonds is 5. The molecule has 17 heavy (non-hydrogen) atoms. The van der Waals surface area contributed by atoms with E-state index >= 15 is 0 Å². The van der Waals surface area contributed by atoms with Gasteiger partial charge in [-0.25, -0.2) is 0 Å². The zero-order chi connectivity index (χ0) is 12.1. The van der Waals surface area contributed by atoms with Crippen LogP contribution < -0.4 is 5.32 Å². The van der Waals surface area contributed by atoms with E-state index in [4.69, 9.17) is 9.47 Å². The lowest BCUT2D eigenvalue weighted by Gasteiger charge is -2.39. The predicted octanol–water partition coefficient (Wildman–Crippen LogP) is 2.21. The molecule has 0 aromatic carbocycles. The van der Waals surface area contributed by atoms with Crippen LogP contribution in [0.25, 0.3) is 0 Å². The highest BCUT2D eigenvalue weighted by Gasteiger charge is 2.41. The topological polar surface area (TPSA) is 30.5 Å². The average Bonchev–Trinajstić information content (AvgIpc) is 2.77. The third-order valence-corrected chi connectivity index (χ3v) is 4.43. The van der Waals surface area contributed by atoms with Crippen molar-refractivity contribution in [1.29, 1.82) is 0 Å². The van der Waals surface area contributed by atoms with E-state index in [0.29, 0.717) is 0 Å². The van der Waals surface area contributed by atoms with Gasteiger partial charge in [-0.1, -0.05) is 13.8 Å². The van der Waals surface area contributed by atoms with Gasteiger partial charge in [-0.3, -0.25) is 0 Å². The fourth-order valence-corrected chi connectivity index (χ4v) is 3.16. The van der Waals surface area contributed by atoms with Gasteiger partial charge < -0.3 is 14.8 Å². The summed E-state index contributed by atoms with van der Waals surface area (Å²) >= 11 is 0. The van der Waals surface area contributed by atoms with E-state index in [-0.39, 0.29) is 5.60 Å². The van der Waals surface area contributed by atoms with E-state index in [1.807, 2.05) is 0 Å². The maximum Gasteiger partial charge on any atom is 0.0939 e. The Bertz CT molecular complexity index is 226. The van der Waals surface area contributed by atoms with Crippen LogP contribution in [0.15, 0.2) is 0 Å². The van der Waals surface area contributed by atoms with E-state index in [1.54, 1.807) is 0 Å². The summed E-state index contributed by atoms with van der Waals surface area (Å²) in [6, 6.07) is 0. The molecule has 1 spiro atoms. The molecule has 0 aromatic rings. The van der Waals surface area contributed by atoms with Crippen molar-refractivity contribution in [3.8, 4) is 0 Å². The molecule has 1 N–H and O–H groups in total. The van der Waals surface area contributed by atoms with E-state index in [2.05, 4.69) is 19.2 Å². The minimum absolute atomic E-state index is 0.0787. The summed E-state index contributed by atoms with van der Waals surface area (Å²) in [6.07, 6.45) is 4.83. The Labute approximate surface area is 105 Å². The molecule has 0 radical (unpaired) electrons. The fraction of sp³-hybridized carbons (Fsp3) is 1.00. The molecular formula is C14H27NO2. The van der Waals surface area contributed by atoms with Crippen molar-refractivity contribution < 1.29 is 9.47 Å². The second kappa shape index (κ2) is 6.17. The van der Waals surface area contributed by atoms with Crippen LogP contribution in [0.2, 0.25) is 0 Å². The van der Waals surface area contributed by atoms with Gasteiger partial charge in [0.1, 0.15) is 0 Å². The standard InChI is InChI=1S/C14H27NO2/c1-3-15-7-4-12(2)13-5-8-17-14(10-13)6-9-16-11-14/h12-13,15H,3-11H2,1-2H3. The monoisotopic (exact) mass is 241 g/mol. The Morgan fingerprint density at radius 1 is 1.41 bits per heavy atom. The van der Waals surface area contributed by atoms with Gasteiger partial charge in [-0.05, 0) is 44.2 Å². The molecule has 3 nitrogen and oxygen atoms in total. The predicted molar refractivity (Wildman–Crippen MR) is 69.2 cm³/mol. The molecule has 2 heterocycles. The molecule has 0 bridgehead atoms. The number of hydrogen-bond acceptors (Lipinski definition) is 3. The first kappa shape index (κ1) is 13.3. The second-order valence-electron chi connectivity index (χ2n) is 5.71. The van der Waals surface area contributed by atoms with Crippen LogP contribution in [0.4, 0.5) is 0 Å². The summed E-state index contributed by atoms with van der Waals surface area (Å²) < 4.78 is 11.5. The number of hydrogen-bond donors (Lipinski definition) is 1. The van der Waals surface area contributed by atoms with E-state index in [1.165, 1.54) is 19.3 Å². The Kier molecular flexibility index (Phi) is 4.83. The van der Waals surface area contributed by atoms with Gasteiger partial charge in [0.05, 0.1) is 12.2 Å². The minimum atomic E-state index is 0.0787. The van der Waals surface area contributed by atoms with Gasteiger partial charge >= 0.3 is 0 Å². The first-order valence-corrected chi connectivity index (χ1v) is 7.18. The largest absolute Gasteiger partial charge is 0.378 e. The Morgan fingerprint density at radius 2 is 2.29 bits per heavy atom.